The first-order valence-corrected chi connectivity index (χ1v) is 7.07. The Bertz CT molecular complexity index is 413. The molecule has 1 aromatic heterocycles. The lowest BCUT2D eigenvalue weighted by molar-refractivity contribution is 0.246. The molecule has 1 saturated heterocycles. The van der Waals surface area contributed by atoms with Gasteiger partial charge in [-0.15, -0.1) is 0 Å². The van der Waals surface area contributed by atoms with Crippen LogP contribution in [0.5, 0.6) is 0 Å². The van der Waals surface area contributed by atoms with Crippen molar-refractivity contribution in [3.05, 3.63) is 22.3 Å². The van der Waals surface area contributed by atoms with Crippen LogP contribution in [0.2, 0.25) is 0 Å². The van der Waals surface area contributed by atoms with E-state index < -0.39 is 0 Å². The molecule has 0 bridgehead atoms. The molecule has 0 radical (unpaired) electrons. The van der Waals surface area contributed by atoms with Crippen LogP contribution in [0, 0.1) is 0 Å². The molecular weight excluding hydrogens is 294 g/mol. The zero-order valence-electron chi connectivity index (χ0n) is 10.9. The van der Waals surface area contributed by atoms with Crippen LogP contribution < -0.4 is 4.90 Å². The minimum atomic E-state index is 0.0225. The van der Waals surface area contributed by atoms with E-state index >= 15 is 0 Å². The van der Waals surface area contributed by atoms with E-state index in [1.165, 1.54) is 19.4 Å². The molecule has 100 valence electrons. The highest BCUT2D eigenvalue weighted by Gasteiger charge is 2.23. The number of halogens is 1. The summed E-state index contributed by atoms with van der Waals surface area (Å²) in [5.41, 5.74) is 0.875. The van der Waals surface area contributed by atoms with Crippen LogP contribution in [0.1, 0.15) is 18.4 Å². The number of aliphatic hydroxyl groups is 1. The smallest absolute Gasteiger partial charge is 0.134 e. The van der Waals surface area contributed by atoms with Crippen LogP contribution in [0.25, 0.3) is 0 Å². The normalized spacial score (nSPS) is 21.0. The third-order valence-electron chi connectivity index (χ3n) is 3.56. The van der Waals surface area contributed by atoms with Gasteiger partial charge in [0.2, 0.25) is 0 Å². The van der Waals surface area contributed by atoms with Gasteiger partial charge in [0.25, 0.3) is 0 Å². The quantitative estimate of drug-likeness (QED) is 0.924. The Labute approximate surface area is 117 Å². The molecule has 18 heavy (non-hydrogen) atoms. The number of anilines is 1. The predicted octanol–water partition coefficient (Wildman–Crippen LogP) is 1.87. The molecule has 1 atom stereocenters. The molecule has 2 rings (SSSR count). The summed E-state index contributed by atoms with van der Waals surface area (Å²) in [5, 5.41) is 9.44. The van der Waals surface area contributed by atoms with Crippen molar-refractivity contribution in [2.45, 2.75) is 25.5 Å². The van der Waals surface area contributed by atoms with E-state index in [1.807, 2.05) is 6.07 Å². The zero-order chi connectivity index (χ0) is 13.1. The van der Waals surface area contributed by atoms with Crippen molar-refractivity contribution in [3.63, 3.8) is 0 Å². The monoisotopic (exact) mass is 313 g/mol. The minimum absolute atomic E-state index is 0.0225. The first-order chi connectivity index (χ1) is 8.61. The van der Waals surface area contributed by atoms with Crippen LogP contribution in [-0.4, -0.2) is 48.2 Å². The van der Waals surface area contributed by atoms with Gasteiger partial charge in [0.1, 0.15) is 5.82 Å². The van der Waals surface area contributed by atoms with Crippen LogP contribution in [0.15, 0.2) is 16.7 Å². The van der Waals surface area contributed by atoms with Crippen molar-refractivity contribution >= 4 is 21.7 Å². The molecule has 1 unspecified atom stereocenters. The van der Waals surface area contributed by atoms with Crippen molar-refractivity contribution in [2.24, 2.45) is 0 Å². The summed E-state index contributed by atoms with van der Waals surface area (Å²) in [6.45, 7) is 2.25. The standard InChI is InChI=1S/C13H20BrN3O/c1-16-5-3-4-12(8-16)17(2)13-10(9-18)6-11(14)7-15-13/h6-7,12,18H,3-5,8-9H2,1-2H3. The number of aliphatic hydroxyl groups excluding tert-OH is 1. The van der Waals surface area contributed by atoms with Gasteiger partial charge in [-0.05, 0) is 48.4 Å². The predicted molar refractivity (Wildman–Crippen MR) is 76.8 cm³/mol. The largest absolute Gasteiger partial charge is 0.392 e. The van der Waals surface area contributed by atoms with E-state index in [0.717, 1.165) is 22.4 Å². The zero-order valence-corrected chi connectivity index (χ0v) is 12.5. The van der Waals surface area contributed by atoms with Gasteiger partial charge in [0.15, 0.2) is 0 Å². The minimum Gasteiger partial charge on any atom is -0.392 e. The summed E-state index contributed by atoms with van der Waals surface area (Å²) in [6, 6.07) is 2.41. The van der Waals surface area contributed by atoms with Crippen LogP contribution in [0.3, 0.4) is 0 Å². The van der Waals surface area contributed by atoms with Gasteiger partial charge in [-0.25, -0.2) is 4.98 Å². The van der Waals surface area contributed by atoms with Gasteiger partial charge in [0, 0.05) is 35.9 Å². The van der Waals surface area contributed by atoms with E-state index in [1.54, 1.807) is 6.20 Å². The van der Waals surface area contributed by atoms with E-state index in [0.29, 0.717) is 6.04 Å². The molecule has 0 amide bonds. The van der Waals surface area contributed by atoms with Crippen molar-refractivity contribution < 1.29 is 5.11 Å². The summed E-state index contributed by atoms with van der Waals surface area (Å²) >= 11 is 3.39. The van der Waals surface area contributed by atoms with Gasteiger partial charge in [0.05, 0.1) is 6.61 Å². The lowest BCUT2D eigenvalue weighted by Crippen LogP contribution is -2.45. The SMILES string of the molecule is CN1CCCC(N(C)c2ncc(Br)cc2CO)C1. The second-order valence-corrected chi connectivity index (χ2v) is 5.88. The Balaban J connectivity index is 2.19. The summed E-state index contributed by atoms with van der Waals surface area (Å²) in [6.07, 6.45) is 4.19. The molecule has 5 heteroatoms. The maximum absolute atomic E-state index is 9.44. The summed E-state index contributed by atoms with van der Waals surface area (Å²) in [7, 11) is 4.22. The molecule has 1 fully saturated rings. The summed E-state index contributed by atoms with van der Waals surface area (Å²) in [4.78, 5) is 9.00. The fourth-order valence-electron chi connectivity index (χ4n) is 2.54. The number of likely N-dealkylation sites (tertiary alicyclic amines) is 1. The molecule has 0 saturated carbocycles. The van der Waals surface area contributed by atoms with Gasteiger partial charge in [-0.2, -0.15) is 0 Å². The second-order valence-electron chi connectivity index (χ2n) is 4.96. The Morgan fingerprint density at radius 3 is 3.06 bits per heavy atom. The molecule has 2 heterocycles. The van der Waals surface area contributed by atoms with Crippen molar-refractivity contribution in [2.75, 3.05) is 32.1 Å². The van der Waals surface area contributed by atoms with Crippen LogP contribution in [0.4, 0.5) is 5.82 Å². The Morgan fingerprint density at radius 2 is 2.39 bits per heavy atom. The van der Waals surface area contributed by atoms with E-state index in [9.17, 15) is 5.11 Å². The number of likely N-dealkylation sites (N-methyl/N-ethyl adjacent to an activating group) is 2. The van der Waals surface area contributed by atoms with Crippen molar-refractivity contribution in [3.8, 4) is 0 Å². The lowest BCUT2D eigenvalue weighted by atomic mass is 10.0. The number of hydrogen-bond donors (Lipinski definition) is 1. The fraction of sp³-hybridized carbons (Fsp3) is 0.615. The maximum atomic E-state index is 9.44. The molecule has 1 aliphatic heterocycles. The van der Waals surface area contributed by atoms with Gasteiger partial charge in [-0.1, -0.05) is 0 Å². The second kappa shape index (κ2) is 5.99. The highest BCUT2D eigenvalue weighted by atomic mass is 79.9. The first-order valence-electron chi connectivity index (χ1n) is 6.28. The number of piperidine rings is 1. The molecule has 1 aromatic rings. The highest BCUT2D eigenvalue weighted by molar-refractivity contribution is 9.10. The Morgan fingerprint density at radius 1 is 1.61 bits per heavy atom. The lowest BCUT2D eigenvalue weighted by Gasteiger charge is -2.37. The molecule has 0 aliphatic carbocycles. The van der Waals surface area contributed by atoms with Crippen LogP contribution in [-0.2, 0) is 6.61 Å². The average molecular weight is 314 g/mol. The molecule has 1 aliphatic rings. The van der Waals surface area contributed by atoms with E-state index in [2.05, 4.69) is 44.8 Å². The number of nitrogens with zero attached hydrogens (tertiary/aromatic N) is 3. The third-order valence-corrected chi connectivity index (χ3v) is 3.99. The average Bonchev–Trinajstić information content (AvgIpc) is 2.37. The topological polar surface area (TPSA) is 39.6 Å². The van der Waals surface area contributed by atoms with Gasteiger partial charge < -0.3 is 14.9 Å². The van der Waals surface area contributed by atoms with Crippen molar-refractivity contribution in [1.82, 2.24) is 9.88 Å². The summed E-state index contributed by atoms with van der Waals surface area (Å²) in [5.74, 6) is 0.890. The van der Waals surface area contributed by atoms with Gasteiger partial charge in [-0.3, -0.25) is 0 Å². The van der Waals surface area contributed by atoms with Gasteiger partial charge >= 0.3 is 0 Å². The summed E-state index contributed by atoms with van der Waals surface area (Å²) < 4.78 is 0.907. The van der Waals surface area contributed by atoms with E-state index in [4.69, 9.17) is 0 Å². The number of rotatable bonds is 3. The van der Waals surface area contributed by atoms with Crippen molar-refractivity contribution in [1.29, 1.82) is 0 Å². The number of aromatic nitrogens is 1. The molecule has 1 N–H and O–H groups in total. The molecule has 4 nitrogen and oxygen atoms in total. The maximum Gasteiger partial charge on any atom is 0.134 e. The highest BCUT2D eigenvalue weighted by Crippen LogP contribution is 2.25. The molecular formula is C13H20BrN3O. The first kappa shape index (κ1) is 13.8. The third kappa shape index (κ3) is 3.02. The molecule has 0 spiro atoms. The molecule has 0 aromatic carbocycles. The fourth-order valence-corrected chi connectivity index (χ4v) is 2.91. The Kier molecular flexibility index (Phi) is 4.59. The van der Waals surface area contributed by atoms with Crippen LogP contribution >= 0.6 is 15.9 Å². The Hall–Kier alpha value is -0.650. The number of pyridine rings is 1. The number of hydrogen-bond acceptors (Lipinski definition) is 4. The van der Waals surface area contributed by atoms with E-state index in [-0.39, 0.29) is 6.61 Å².